The second-order valence-corrected chi connectivity index (χ2v) is 4.45. The molecule has 0 bridgehead atoms. The number of hydrogen-bond donors (Lipinski definition) is 1. The van der Waals surface area contributed by atoms with Crippen molar-refractivity contribution in [2.75, 3.05) is 0 Å². The van der Waals surface area contributed by atoms with Crippen LogP contribution in [-0.4, -0.2) is 0 Å². The van der Waals surface area contributed by atoms with Gasteiger partial charge in [0.15, 0.2) is 0 Å². The van der Waals surface area contributed by atoms with Crippen LogP contribution >= 0.6 is 0 Å². The Morgan fingerprint density at radius 3 is 2.71 bits per heavy atom. The topological polar surface area (TPSA) is 48.4 Å². The van der Waals surface area contributed by atoms with E-state index in [0.717, 1.165) is 17.1 Å². The number of fused-ring (bicyclic) bond motifs is 1. The molecule has 1 atom stereocenters. The van der Waals surface area contributed by atoms with E-state index in [1.807, 2.05) is 19.1 Å². The van der Waals surface area contributed by atoms with Gasteiger partial charge in [0.2, 0.25) is 0 Å². The molecule has 0 radical (unpaired) electrons. The van der Waals surface area contributed by atoms with Crippen molar-refractivity contribution in [3.8, 4) is 0 Å². The van der Waals surface area contributed by atoms with Crippen molar-refractivity contribution in [3.63, 3.8) is 0 Å². The van der Waals surface area contributed by atoms with E-state index >= 15 is 0 Å². The lowest BCUT2D eigenvalue weighted by Gasteiger charge is -2.10. The lowest BCUT2D eigenvalue weighted by Crippen LogP contribution is -2.11. The summed E-state index contributed by atoms with van der Waals surface area (Å²) in [5.41, 5.74) is 9.76. The summed E-state index contributed by atoms with van der Waals surface area (Å²) < 4.78 is 11.0. The first-order valence-corrected chi connectivity index (χ1v) is 5.75. The molecule has 1 aromatic carbocycles. The molecule has 0 aliphatic carbocycles. The molecule has 0 saturated carbocycles. The first-order chi connectivity index (χ1) is 8.24. The van der Waals surface area contributed by atoms with Gasteiger partial charge in [-0.25, -0.2) is 0 Å². The van der Waals surface area contributed by atoms with Gasteiger partial charge < -0.3 is 14.9 Å². The summed E-state index contributed by atoms with van der Waals surface area (Å²) >= 11 is 0. The Morgan fingerprint density at radius 1 is 1.12 bits per heavy atom. The second-order valence-electron chi connectivity index (χ2n) is 4.45. The zero-order chi connectivity index (χ0) is 11.8. The molecule has 17 heavy (non-hydrogen) atoms. The van der Waals surface area contributed by atoms with E-state index in [2.05, 4.69) is 18.2 Å². The van der Waals surface area contributed by atoms with E-state index in [9.17, 15) is 0 Å². The number of nitrogens with two attached hydrogens (primary N) is 1. The van der Waals surface area contributed by atoms with Gasteiger partial charge >= 0.3 is 0 Å². The maximum absolute atomic E-state index is 6.19. The molecule has 2 N–H and O–H groups in total. The smallest absolute Gasteiger partial charge is 0.125 e. The summed E-state index contributed by atoms with van der Waals surface area (Å²) in [6.45, 7) is 3.32. The molecule has 0 amide bonds. The largest absolute Gasteiger partial charge is 0.464 e. The highest BCUT2D eigenvalue weighted by Gasteiger charge is 2.16. The highest BCUT2D eigenvalue weighted by molar-refractivity contribution is 5.36. The Kier molecular flexibility index (Phi) is 2.50. The second kappa shape index (κ2) is 4.02. The number of aryl methyl sites for hydroxylation is 1. The van der Waals surface area contributed by atoms with Crippen molar-refractivity contribution in [2.45, 2.75) is 26.2 Å². The minimum absolute atomic E-state index is 0.199. The van der Waals surface area contributed by atoms with Crippen LogP contribution in [0.25, 0.3) is 0 Å². The zero-order valence-corrected chi connectivity index (χ0v) is 9.77. The van der Waals surface area contributed by atoms with Gasteiger partial charge in [0, 0.05) is 0 Å². The zero-order valence-electron chi connectivity index (χ0n) is 9.77. The number of furan rings is 1. The molecule has 88 valence electrons. The van der Waals surface area contributed by atoms with Crippen LogP contribution in [0.1, 0.15) is 34.3 Å². The predicted octanol–water partition coefficient (Wildman–Crippen LogP) is 2.67. The Labute approximate surface area is 100 Å². The van der Waals surface area contributed by atoms with Gasteiger partial charge in [-0.05, 0) is 35.7 Å². The maximum Gasteiger partial charge on any atom is 0.125 e. The van der Waals surface area contributed by atoms with Crippen molar-refractivity contribution >= 4 is 0 Å². The van der Waals surface area contributed by atoms with E-state index < -0.39 is 0 Å². The van der Waals surface area contributed by atoms with Crippen molar-refractivity contribution in [3.05, 3.63) is 58.5 Å². The van der Waals surface area contributed by atoms with E-state index in [4.69, 9.17) is 14.9 Å². The molecular weight excluding hydrogens is 214 g/mol. The molecule has 0 spiro atoms. The van der Waals surface area contributed by atoms with Gasteiger partial charge in [0.1, 0.15) is 11.5 Å². The summed E-state index contributed by atoms with van der Waals surface area (Å²) in [6.07, 6.45) is 0. The molecule has 0 saturated heterocycles. The molecule has 3 rings (SSSR count). The van der Waals surface area contributed by atoms with E-state index in [1.165, 1.54) is 11.1 Å². The maximum atomic E-state index is 6.19. The Morgan fingerprint density at radius 2 is 1.94 bits per heavy atom. The van der Waals surface area contributed by atoms with Gasteiger partial charge in [-0.1, -0.05) is 18.2 Å². The molecular formula is C14H15NO2. The van der Waals surface area contributed by atoms with Gasteiger partial charge in [0.25, 0.3) is 0 Å². The molecule has 2 aromatic rings. The lowest BCUT2D eigenvalue weighted by atomic mass is 10.0. The monoisotopic (exact) mass is 229 g/mol. The van der Waals surface area contributed by atoms with Gasteiger partial charge in [-0.15, -0.1) is 0 Å². The molecule has 1 unspecified atom stereocenters. The van der Waals surface area contributed by atoms with E-state index in [0.29, 0.717) is 13.2 Å². The number of ether oxygens (including phenoxy) is 1. The van der Waals surface area contributed by atoms with Crippen molar-refractivity contribution in [1.29, 1.82) is 0 Å². The predicted molar refractivity (Wildman–Crippen MR) is 64.4 cm³/mol. The van der Waals surface area contributed by atoms with Crippen LogP contribution in [0, 0.1) is 6.92 Å². The van der Waals surface area contributed by atoms with Crippen LogP contribution in [0.5, 0.6) is 0 Å². The summed E-state index contributed by atoms with van der Waals surface area (Å²) in [6, 6.07) is 9.93. The first kappa shape index (κ1) is 10.6. The fourth-order valence-electron chi connectivity index (χ4n) is 2.17. The molecule has 0 fully saturated rings. The number of benzene rings is 1. The summed E-state index contributed by atoms with van der Waals surface area (Å²) in [4.78, 5) is 0. The van der Waals surface area contributed by atoms with Crippen molar-refractivity contribution in [2.24, 2.45) is 5.73 Å². The summed E-state index contributed by atoms with van der Waals surface area (Å²) in [5, 5.41) is 0. The van der Waals surface area contributed by atoms with Crippen LogP contribution in [0.2, 0.25) is 0 Å². The van der Waals surface area contributed by atoms with Crippen LogP contribution in [-0.2, 0) is 18.0 Å². The van der Waals surface area contributed by atoms with Gasteiger partial charge in [-0.3, -0.25) is 0 Å². The molecule has 1 aromatic heterocycles. The molecule has 3 heteroatoms. The van der Waals surface area contributed by atoms with E-state index in [-0.39, 0.29) is 6.04 Å². The minimum Gasteiger partial charge on any atom is -0.464 e. The SMILES string of the molecule is Cc1ccc(C(N)c2ccc3c(c2)COC3)o1. The molecule has 1 aliphatic rings. The van der Waals surface area contributed by atoms with Crippen LogP contribution in [0.15, 0.2) is 34.7 Å². The quantitative estimate of drug-likeness (QED) is 0.861. The van der Waals surface area contributed by atoms with Crippen LogP contribution in [0.4, 0.5) is 0 Å². The minimum atomic E-state index is -0.199. The fourth-order valence-corrected chi connectivity index (χ4v) is 2.17. The van der Waals surface area contributed by atoms with Crippen molar-refractivity contribution < 1.29 is 9.15 Å². The highest BCUT2D eigenvalue weighted by atomic mass is 16.5. The molecule has 1 aliphatic heterocycles. The average molecular weight is 229 g/mol. The normalized spacial score (nSPS) is 15.9. The number of hydrogen-bond acceptors (Lipinski definition) is 3. The average Bonchev–Trinajstić information content (AvgIpc) is 2.95. The third-order valence-corrected chi connectivity index (χ3v) is 3.17. The van der Waals surface area contributed by atoms with Gasteiger partial charge in [0.05, 0.1) is 19.3 Å². The van der Waals surface area contributed by atoms with Gasteiger partial charge in [-0.2, -0.15) is 0 Å². The lowest BCUT2D eigenvalue weighted by molar-refractivity contribution is 0.134. The standard InChI is InChI=1S/C14H15NO2/c1-9-2-5-13(17-9)14(15)10-3-4-11-7-16-8-12(11)6-10/h2-6,14H,7-8,15H2,1H3. The number of rotatable bonds is 2. The third kappa shape index (κ3) is 1.88. The Bertz CT molecular complexity index is 545. The van der Waals surface area contributed by atoms with Crippen molar-refractivity contribution in [1.82, 2.24) is 0 Å². The summed E-state index contributed by atoms with van der Waals surface area (Å²) in [7, 11) is 0. The third-order valence-electron chi connectivity index (χ3n) is 3.17. The molecule has 3 nitrogen and oxygen atoms in total. The summed E-state index contributed by atoms with van der Waals surface area (Å²) in [5.74, 6) is 1.70. The highest BCUT2D eigenvalue weighted by Crippen LogP contribution is 2.26. The van der Waals surface area contributed by atoms with Crippen LogP contribution in [0.3, 0.4) is 0 Å². The fraction of sp³-hybridized carbons (Fsp3) is 0.286. The molecule has 2 heterocycles. The Hall–Kier alpha value is -1.58. The van der Waals surface area contributed by atoms with Crippen LogP contribution < -0.4 is 5.73 Å². The van der Waals surface area contributed by atoms with E-state index in [1.54, 1.807) is 0 Å². The first-order valence-electron chi connectivity index (χ1n) is 5.75. The Balaban J connectivity index is 1.94.